The zero-order chi connectivity index (χ0) is 20.2. The Bertz CT molecular complexity index is 979. The molecule has 1 aliphatic rings. The predicted molar refractivity (Wildman–Crippen MR) is 108 cm³/mol. The van der Waals surface area contributed by atoms with Gasteiger partial charge in [-0.05, 0) is 61.4 Å². The predicted octanol–water partition coefficient (Wildman–Crippen LogP) is 4.36. The number of nitrogens with one attached hydrogen (secondary N) is 1. The Morgan fingerprint density at radius 3 is 2.72 bits per heavy atom. The molecule has 6 nitrogen and oxygen atoms in total. The molecule has 3 heterocycles. The summed E-state index contributed by atoms with van der Waals surface area (Å²) in [7, 11) is 0. The van der Waals surface area contributed by atoms with Crippen LogP contribution in [-0.4, -0.2) is 29.8 Å². The summed E-state index contributed by atoms with van der Waals surface area (Å²) < 4.78 is 11.0. The van der Waals surface area contributed by atoms with E-state index in [1.54, 1.807) is 29.2 Å². The maximum atomic E-state index is 12.6. The average molecular weight is 413 g/mol. The summed E-state index contributed by atoms with van der Waals surface area (Å²) in [6.07, 6.45) is 3.01. The van der Waals surface area contributed by atoms with Gasteiger partial charge in [-0.3, -0.25) is 9.59 Å². The molecule has 29 heavy (non-hydrogen) atoms. The van der Waals surface area contributed by atoms with Crippen molar-refractivity contribution < 1.29 is 18.4 Å². The fraction of sp³-hybridized carbons (Fsp3) is 0.273. The number of carbonyl (C=O) groups excluding carboxylic acids is 2. The van der Waals surface area contributed by atoms with Gasteiger partial charge in [0, 0.05) is 23.7 Å². The number of hydrogen-bond acceptors (Lipinski definition) is 4. The van der Waals surface area contributed by atoms with Crippen LogP contribution in [0.5, 0.6) is 0 Å². The zero-order valence-electron chi connectivity index (χ0n) is 15.8. The molecule has 1 atom stereocenters. The van der Waals surface area contributed by atoms with Gasteiger partial charge in [-0.1, -0.05) is 11.6 Å². The average Bonchev–Trinajstić information content (AvgIpc) is 3.44. The lowest BCUT2D eigenvalue weighted by Gasteiger charge is -2.31. The van der Waals surface area contributed by atoms with Crippen LogP contribution in [0.25, 0.3) is 11.3 Å². The molecule has 150 valence electrons. The Labute approximate surface area is 173 Å². The molecule has 1 saturated heterocycles. The first-order chi connectivity index (χ1) is 14.1. The van der Waals surface area contributed by atoms with Crippen LogP contribution in [0, 0.1) is 5.92 Å². The lowest BCUT2D eigenvalue weighted by atomic mass is 9.97. The smallest absolute Gasteiger partial charge is 0.289 e. The molecule has 0 unspecified atom stereocenters. The molecule has 4 rings (SSSR count). The second kappa shape index (κ2) is 8.57. The summed E-state index contributed by atoms with van der Waals surface area (Å²) in [6, 6.07) is 14.4. The number of furan rings is 2. The summed E-state index contributed by atoms with van der Waals surface area (Å²) in [6.45, 7) is 1.32. The van der Waals surface area contributed by atoms with Gasteiger partial charge in [0.1, 0.15) is 11.5 Å². The second-order valence-electron chi connectivity index (χ2n) is 7.06. The van der Waals surface area contributed by atoms with Gasteiger partial charge in [-0.15, -0.1) is 0 Å². The topological polar surface area (TPSA) is 75.7 Å². The molecule has 3 aromatic rings. The number of nitrogens with zero attached hydrogens (tertiary/aromatic N) is 1. The normalized spacial score (nSPS) is 16.6. The van der Waals surface area contributed by atoms with Gasteiger partial charge < -0.3 is 19.1 Å². The Morgan fingerprint density at radius 1 is 1.14 bits per heavy atom. The van der Waals surface area contributed by atoms with Crippen molar-refractivity contribution in [3.8, 4) is 11.3 Å². The van der Waals surface area contributed by atoms with Gasteiger partial charge in [0.15, 0.2) is 5.76 Å². The van der Waals surface area contributed by atoms with E-state index in [4.69, 9.17) is 20.4 Å². The zero-order valence-corrected chi connectivity index (χ0v) is 16.5. The van der Waals surface area contributed by atoms with Crippen molar-refractivity contribution in [2.75, 3.05) is 13.1 Å². The number of rotatable bonds is 5. The van der Waals surface area contributed by atoms with Gasteiger partial charge >= 0.3 is 0 Å². The number of carbonyl (C=O) groups is 2. The highest BCUT2D eigenvalue weighted by Gasteiger charge is 2.29. The number of benzene rings is 1. The Kier molecular flexibility index (Phi) is 5.71. The molecule has 0 radical (unpaired) electrons. The fourth-order valence-electron chi connectivity index (χ4n) is 3.49. The molecular weight excluding hydrogens is 392 g/mol. The first-order valence-corrected chi connectivity index (χ1v) is 9.93. The van der Waals surface area contributed by atoms with E-state index >= 15 is 0 Å². The first kappa shape index (κ1) is 19.3. The van der Waals surface area contributed by atoms with Gasteiger partial charge in [-0.2, -0.15) is 0 Å². The molecular formula is C22H21ClN2O4. The van der Waals surface area contributed by atoms with E-state index in [0.29, 0.717) is 36.2 Å². The van der Waals surface area contributed by atoms with Crippen LogP contribution >= 0.6 is 11.6 Å². The highest BCUT2D eigenvalue weighted by Crippen LogP contribution is 2.24. The molecule has 1 aliphatic heterocycles. The molecule has 1 fully saturated rings. The summed E-state index contributed by atoms with van der Waals surface area (Å²) in [5.74, 6) is 1.20. The van der Waals surface area contributed by atoms with Crippen molar-refractivity contribution in [2.24, 2.45) is 5.92 Å². The summed E-state index contributed by atoms with van der Waals surface area (Å²) in [4.78, 5) is 26.7. The number of likely N-dealkylation sites (tertiary alicyclic amines) is 1. The van der Waals surface area contributed by atoms with Crippen molar-refractivity contribution in [1.82, 2.24) is 10.2 Å². The third kappa shape index (κ3) is 4.54. The van der Waals surface area contributed by atoms with Gasteiger partial charge in [0.25, 0.3) is 5.91 Å². The van der Waals surface area contributed by atoms with Gasteiger partial charge in [0.05, 0.1) is 18.7 Å². The van der Waals surface area contributed by atoms with Crippen LogP contribution in [0.1, 0.15) is 29.2 Å². The number of amides is 2. The molecule has 0 aliphatic carbocycles. The minimum atomic E-state index is -0.242. The number of hydrogen-bond donors (Lipinski definition) is 1. The lowest BCUT2D eigenvalue weighted by Crippen LogP contribution is -2.45. The highest BCUT2D eigenvalue weighted by atomic mass is 35.5. The summed E-state index contributed by atoms with van der Waals surface area (Å²) >= 11 is 5.91. The van der Waals surface area contributed by atoms with Gasteiger partial charge in [0.2, 0.25) is 5.91 Å². The first-order valence-electron chi connectivity index (χ1n) is 9.55. The van der Waals surface area contributed by atoms with Crippen LogP contribution in [-0.2, 0) is 11.3 Å². The monoisotopic (exact) mass is 412 g/mol. The van der Waals surface area contributed by atoms with Crippen molar-refractivity contribution in [3.05, 3.63) is 71.3 Å². The fourth-order valence-corrected chi connectivity index (χ4v) is 3.62. The molecule has 7 heteroatoms. The third-order valence-corrected chi connectivity index (χ3v) is 5.29. The molecule has 0 bridgehead atoms. The van der Waals surface area contributed by atoms with Crippen LogP contribution in [0.3, 0.4) is 0 Å². The van der Waals surface area contributed by atoms with Crippen LogP contribution in [0.2, 0.25) is 5.02 Å². The van der Waals surface area contributed by atoms with Crippen molar-refractivity contribution in [2.45, 2.75) is 19.4 Å². The molecule has 0 saturated carbocycles. The Balaban J connectivity index is 1.32. The number of piperidine rings is 1. The van der Waals surface area contributed by atoms with E-state index in [2.05, 4.69) is 5.32 Å². The molecule has 1 aromatic carbocycles. The van der Waals surface area contributed by atoms with E-state index in [1.807, 2.05) is 24.3 Å². The van der Waals surface area contributed by atoms with E-state index in [0.717, 1.165) is 24.2 Å². The van der Waals surface area contributed by atoms with Crippen molar-refractivity contribution >= 4 is 23.4 Å². The lowest BCUT2D eigenvalue weighted by molar-refractivity contribution is -0.126. The van der Waals surface area contributed by atoms with Crippen molar-refractivity contribution in [1.29, 1.82) is 0 Å². The maximum Gasteiger partial charge on any atom is 0.289 e. The summed E-state index contributed by atoms with van der Waals surface area (Å²) in [5.41, 5.74) is 0.923. The Morgan fingerprint density at radius 2 is 1.97 bits per heavy atom. The molecule has 0 spiro atoms. The van der Waals surface area contributed by atoms with Crippen LogP contribution in [0.15, 0.2) is 63.6 Å². The molecule has 1 N–H and O–H groups in total. The van der Waals surface area contributed by atoms with E-state index in [-0.39, 0.29) is 17.7 Å². The minimum Gasteiger partial charge on any atom is -0.459 e. The van der Waals surface area contributed by atoms with Crippen LogP contribution < -0.4 is 5.32 Å². The number of halogens is 1. The minimum absolute atomic E-state index is 0.0774. The van der Waals surface area contributed by atoms with Gasteiger partial charge in [-0.25, -0.2) is 0 Å². The van der Waals surface area contributed by atoms with E-state index in [9.17, 15) is 9.59 Å². The summed E-state index contributed by atoms with van der Waals surface area (Å²) in [5, 5.41) is 3.59. The molecule has 2 aromatic heterocycles. The highest BCUT2D eigenvalue weighted by molar-refractivity contribution is 6.30. The standard InChI is InChI=1S/C22H21ClN2O4/c23-17-7-5-15(6-8-17)19-10-9-18(29-19)13-24-21(26)16-3-1-11-25(14-16)22(27)20-4-2-12-28-20/h2,4-10,12,16H,1,3,11,13-14H2,(H,24,26)/t16-/m1/s1. The van der Waals surface area contributed by atoms with Crippen LogP contribution in [0.4, 0.5) is 0 Å². The quantitative estimate of drug-likeness (QED) is 0.675. The third-order valence-electron chi connectivity index (χ3n) is 5.04. The Hall–Kier alpha value is -2.99. The van der Waals surface area contributed by atoms with E-state index < -0.39 is 0 Å². The SMILES string of the molecule is O=C(NCc1ccc(-c2ccc(Cl)cc2)o1)[C@@H]1CCCN(C(=O)c2ccco2)C1. The maximum absolute atomic E-state index is 12.6. The van der Waals surface area contributed by atoms with Crippen molar-refractivity contribution in [3.63, 3.8) is 0 Å². The largest absolute Gasteiger partial charge is 0.459 e. The van der Waals surface area contributed by atoms with E-state index in [1.165, 1.54) is 6.26 Å². The molecule has 2 amide bonds. The second-order valence-corrected chi connectivity index (χ2v) is 7.49.